The number of fused-ring (bicyclic) bond motifs is 1. The number of aryl methyl sites for hydroxylation is 3. The van der Waals surface area contributed by atoms with Crippen LogP contribution in [-0.2, 0) is 25.9 Å². The second-order valence-electron chi connectivity index (χ2n) is 11.0. The molecule has 0 amide bonds. The maximum Gasteiger partial charge on any atom is 0.135 e. The Kier molecular flexibility index (Phi) is 8.77. The van der Waals surface area contributed by atoms with Crippen LogP contribution >= 0.6 is 7.26 Å². The van der Waals surface area contributed by atoms with Crippen molar-refractivity contribution in [3.63, 3.8) is 0 Å². The Balaban J connectivity index is 1.50. The average molecular weight is 496 g/mol. The van der Waals surface area contributed by atoms with Crippen LogP contribution in [0.25, 0.3) is 11.0 Å². The Bertz CT molecular complexity index is 1090. The molecule has 3 aromatic rings. The highest BCUT2D eigenvalue weighted by Crippen LogP contribution is 2.47. The quantitative estimate of drug-likeness (QED) is 0.336. The molecule has 0 N–H and O–H groups in total. The van der Waals surface area contributed by atoms with E-state index in [4.69, 9.17) is 4.98 Å². The second kappa shape index (κ2) is 11.8. The number of nitrogens with zero attached hydrogens (tertiary/aromatic N) is 6. The standard InChI is InChI=1S/C28H44N6P/c1-6-8-10-23-11-12-25-26(19-23)34(13-9-18-35(3,4)5)27(31-25)21-32-14-16-33(17-15-32)28-24(7-2)20-29-22-30-28/h11-12,19-20,22H,6-10,13-18,21H2,1-5H3/q+1. The Morgan fingerprint density at radius 2 is 1.80 bits per heavy atom. The Hall–Kier alpha value is -2.04. The summed E-state index contributed by atoms with van der Waals surface area (Å²) < 4.78 is 2.53. The summed E-state index contributed by atoms with van der Waals surface area (Å²) in [4.78, 5) is 18.9. The molecule has 0 aliphatic carbocycles. The lowest BCUT2D eigenvalue weighted by atomic mass is 10.1. The molecule has 0 radical (unpaired) electrons. The van der Waals surface area contributed by atoms with E-state index in [1.165, 1.54) is 47.9 Å². The van der Waals surface area contributed by atoms with E-state index in [-0.39, 0.29) is 0 Å². The van der Waals surface area contributed by atoms with Gasteiger partial charge in [0.25, 0.3) is 0 Å². The fraction of sp³-hybridized carbons (Fsp3) is 0.607. The summed E-state index contributed by atoms with van der Waals surface area (Å²) in [5.74, 6) is 2.34. The third kappa shape index (κ3) is 6.80. The van der Waals surface area contributed by atoms with Crippen LogP contribution in [0.5, 0.6) is 0 Å². The lowest BCUT2D eigenvalue weighted by molar-refractivity contribution is 0.240. The molecule has 3 heterocycles. The van der Waals surface area contributed by atoms with Gasteiger partial charge in [0.15, 0.2) is 0 Å². The van der Waals surface area contributed by atoms with Crippen molar-refractivity contribution in [2.75, 3.05) is 57.2 Å². The number of piperazine rings is 1. The number of unbranched alkanes of at least 4 members (excludes halogenated alkanes) is 1. The van der Waals surface area contributed by atoms with E-state index in [0.717, 1.165) is 63.4 Å². The van der Waals surface area contributed by atoms with Crippen molar-refractivity contribution < 1.29 is 0 Å². The summed E-state index contributed by atoms with van der Waals surface area (Å²) in [5, 5.41) is 0. The van der Waals surface area contributed by atoms with E-state index in [1.54, 1.807) is 6.33 Å². The van der Waals surface area contributed by atoms with Crippen molar-refractivity contribution >= 4 is 24.1 Å². The number of benzene rings is 1. The second-order valence-corrected chi connectivity index (χ2v) is 16.0. The summed E-state index contributed by atoms with van der Waals surface area (Å²) in [6.07, 6.45) is 10.8. The number of anilines is 1. The minimum atomic E-state index is -0.772. The van der Waals surface area contributed by atoms with Gasteiger partial charge >= 0.3 is 0 Å². The number of aromatic nitrogens is 4. The van der Waals surface area contributed by atoms with Gasteiger partial charge in [-0.05, 0) is 43.4 Å². The molecule has 0 spiro atoms. The number of rotatable bonds is 11. The predicted octanol–water partition coefficient (Wildman–Crippen LogP) is 5.35. The zero-order valence-corrected chi connectivity index (χ0v) is 23.4. The topological polar surface area (TPSA) is 50.1 Å². The maximum atomic E-state index is 5.14. The summed E-state index contributed by atoms with van der Waals surface area (Å²) >= 11 is 0. The highest BCUT2D eigenvalue weighted by molar-refractivity contribution is 7.73. The molecule has 4 rings (SSSR count). The monoisotopic (exact) mass is 495 g/mol. The fourth-order valence-electron chi connectivity index (χ4n) is 5.03. The van der Waals surface area contributed by atoms with E-state index in [1.807, 2.05) is 6.20 Å². The first-order chi connectivity index (χ1) is 16.9. The minimum absolute atomic E-state index is 0.772. The normalized spacial score (nSPS) is 15.3. The largest absolute Gasteiger partial charge is 0.354 e. The van der Waals surface area contributed by atoms with Gasteiger partial charge in [-0.1, -0.05) is 26.3 Å². The highest BCUT2D eigenvalue weighted by Gasteiger charge is 2.23. The van der Waals surface area contributed by atoms with Gasteiger partial charge in [0.2, 0.25) is 0 Å². The SMILES string of the molecule is CCCCc1ccc2nc(CN3CCN(c4ncncc4CC)CC3)n(CCC[P+](C)(C)C)c2c1. The van der Waals surface area contributed by atoms with Gasteiger partial charge in [0.05, 0.1) is 23.7 Å². The van der Waals surface area contributed by atoms with Crippen molar-refractivity contribution in [2.24, 2.45) is 0 Å². The van der Waals surface area contributed by atoms with E-state index < -0.39 is 7.26 Å². The third-order valence-corrected chi connectivity index (χ3v) is 8.76. The average Bonchev–Trinajstić information content (AvgIpc) is 3.18. The van der Waals surface area contributed by atoms with Crippen LogP contribution in [0.4, 0.5) is 5.82 Å². The minimum Gasteiger partial charge on any atom is -0.354 e. The summed E-state index contributed by atoms with van der Waals surface area (Å²) in [6, 6.07) is 6.94. The van der Waals surface area contributed by atoms with E-state index in [9.17, 15) is 0 Å². The maximum absolute atomic E-state index is 5.14. The van der Waals surface area contributed by atoms with Crippen LogP contribution < -0.4 is 4.90 Å². The summed E-state index contributed by atoms with van der Waals surface area (Å²) in [5.41, 5.74) is 5.16. The smallest absolute Gasteiger partial charge is 0.135 e. The molecule has 2 aromatic heterocycles. The van der Waals surface area contributed by atoms with Crippen molar-refractivity contribution in [1.29, 1.82) is 0 Å². The van der Waals surface area contributed by atoms with Crippen LogP contribution in [0.3, 0.4) is 0 Å². The fourth-order valence-corrected chi connectivity index (χ4v) is 6.12. The van der Waals surface area contributed by atoms with Crippen molar-refractivity contribution in [1.82, 2.24) is 24.4 Å². The molecule has 1 saturated heterocycles. The van der Waals surface area contributed by atoms with Gasteiger partial charge in [0.1, 0.15) is 18.0 Å². The third-order valence-electron chi connectivity index (χ3n) is 7.10. The van der Waals surface area contributed by atoms with Gasteiger partial charge in [-0.3, -0.25) is 4.90 Å². The Labute approximate surface area is 212 Å². The lowest BCUT2D eigenvalue weighted by Gasteiger charge is -2.36. The van der Waals surface area contributed by atoms with Gasteiger partial charge in [0, 0.05) is 71.7 Å². The van der Waals surface area contributed by atoms with Gasteiger partial charge in [-0.15, -0.1) is 0 Å². The zero-order chi connectivity index (χ0) is 24.8. The van der Waals surface area contributed by atoms with Gasteiger partial charge in [-0.2, -0.15) is 0 Å². The van der Waals surface area contributed by atoms with Crippen molar-refractivity contribution in [3.8, 4) is 0 Å². The number of imidazole rings is 1. The van der Waals surface area contributed by atoms with E-state index >= 15 is 0 Å². The van der Waals surface area contributed by atoms with Crippen LogP contribution in [0, 0.1) is 0 Å². The van der Waals surface area contributed by atoms with Crippen molar-refractivity contribution in [2.45, 2.75) is 59.0 Å². The molecule has 0 saturated carbocycles. The molecule has 0 unspecified atom stereocenters. The molecule has 6 nitrogen and oxygen atoms in total. The number of hydrogen-bond acceptors (Lipinski definition) is 5. The van der Waals surface area contributed by atoms with Crippen LogP contribution in [0.15, 0.2) is 30.7 Å². The molecule has 1 aliphatic rings. The molecule has 0 bridgehead atoms. The first kappa shape index (κ1) is 26.0. The molecule has 1 aromatic carbocycles. The summed E-state index contributed by atoms with van der Waals surface area (Å²) in [7, 11) is -0.772. The van der Waals surface area contributed by atoms with E-state index in [0.29, 0.717) is 0 Å². The molecule has 7 heteroatoms. The molecule has 1 aliphatic heterocycles. The molecule has 35 heavy (non-hydrogen) atoms. The van der Waals surface area contributed by atoms with Crippen LogP contribution in [-0.4, -0.2) is 76.8 Å². The van der Waals surface area contributed by atoms with Gasteiger partial charge in [-0.25, -0.2) is 15.0 Å². The molecule has 190 valence electrons. The first-order valence-corrected chi connectivity index (χ1v) is 16.7. The predicted molar refractivity (Wildman–Crippen MR) is 151 cm³/mol. The van der Waals surface area contributed by atoms with Gasteiger partial charge < -0.3 is 9.47 Å². The van der Waals surface area contributed by atoms with Crippen LogP contribution in [0.2, 0.25) is 0 Å². The first-order valence-electron chi connectivity index (χ1n) is 13.4. The number of hydrogen-bond donors (Lipinski definition) is 0. The summed E-state index contributed by atoms with van der Waals surface area (Å²) in [6.45, 7) is 17.8. The molecular formula is C28H44N6P+. The zero-order valence-electron chi connectivity index (χ0n) is 22.5. The van der Waals surface area contributed by atoms with Crippen molar-refractivity contribution in [3.05, 3.63) is 47.7 Å². The highest BCUT2D eigenvalue weighted by atomic mass is 31.2. The van der Waals surface area contributed by atoms with Crippen LogP contribution in [0.1, 0.15) is 50.1 Å². The Morgan fingerprint density at radius 1 is 1.00 bits per heavy atom. The molecule has 1 fully saturated rings. The lowest BCUT2D eigenvalue weighted by Crippen LogP contribution is -2.46. The molecular weight excluding hydrogens is 451 g/mol. The molecule has 0 atom stereocenters. The Morgan fingerprint density at radius 3 is 2.51 bits per heavy atom. The van der Waals surface area contributed by atoms with E-state index in [2.05, 4.69) is 76.4 Å².